The molecule has 1 aromatic carbocycles. The van der Waals surface area contributed by atoms with Crippen LogP contribution < -0.4 is 15.2 Å². The monoisotopic (exact) mass is 613 g/mol. The Morgan fingerprint density at radius 3 is 2.63 bits per heavy atom. The number of hydrogen-bond donors (Lipinski definition) is 2. The molecule has 0 spiro atoms. The molecule has 2 N–H and O–H groups in total. The number of nitrogens with one attached hydrogen (secondary N) is 1. The van der Waals surface area contributed by atoms with Gasteiger partial charge in [0.1, 0.15) is 17.8 Å². The van der Waals surface area contributed by atoms with Gasteiger partial charge in [0.2, 0.25) is 17.7 Å². The van der Waals surface area contributed by atoms with Crippen LogP contribution in [-0.2, 0) is 9.59 Å². The van der Waals surface area contributed by atoms with E-state index in [-0.39, 0.29) is 53.3 Å². The first-order valence-electron chi connectivity index (χ1n) is 13.6. The van der Waals surface area contributed by atoms with Gasteiger partial charge in [-0.15, -0.1) is 0 Å². The molecule has 2 amide bonds. The van der Waals surface area contributed by atoms with Crippen molar-refractivity contribution in [3.05, 3.63) is 83.0 Å². The lowest BCUT2D eigenvalue weighted by atomic mass is 9.92. The second-order valence-electron chi connectivity index (χ2n) is 10.4. The number of halogens is 4. The number of amides is 2. The second-order valence-corrected chi connectivity index (χ2v) is 10.8. The van der Waals surface area contributed by atoms with Crippen LogP contribution in [0.3, 0.4) is 0 Å². The molecule has 2 aliphatic rings. The van der Waals surface area contributed by atoms with Crippen molar-refractivity contribution in [2.45, 2.75) is 62.7 Å². The van der Waals surface area contributed by atoms with Gasteiger partial charge in [0.05, 0.1) is 29.7 Å². The van der Waals surface area contributed by atoms with Crippen LogP contribution in [0, 0.1) is 17.1 Å². The van der Waals surface area contributed by atoms with Gasteiger partial charge in [-0.05, 0) is 37.5 Å². The highest BCUT2D eigenvalue weighted by atomic mass is 35.5. The summed E-state index contributed by atoms with van der Waals surface area (Å²) in [6.45, 7) is 0. The molecule has 0 bridgehead atoms. The number of rotatable bonds is 8. The van der Waals surface area contributed by atoms with E-state index in [9.17, 15) is 33.2 Å². The molecule has 1 saturated heterocycles. The molecule has 5 rings (SSSR count). The summed E-state index contributed by atoms with van der Waals surface area (Å²) in [5, 5.41) is 25.9. The van der Waals surface area contributed by atoms with E-state index in [4.69, 9.17) is 11.6 Å². The van der Waals surface area contributed by atoms with Crippen LogP contribution in [0.2, 0.25) is 5.02 Å². The molecule has 0 unspecified atom stereocenters. The first-order chi connectivity index (χ1) is 20.6. The van der Waals surface area contributed by atoms with Gasteiger partial charge in [-0.3, -0.25) is 29.7 Å². The Hall–Kier alpha value is -4.25. The van der Waals surface area contributed by atoms with E-state index < -0.39 is 54.6 Å². The van der Waals surface area contributed by atoms with Crippen molar-refractivity contribution in [3.8, 4) is 6.07 Å². The SMILES string of the molecule is N#Cc1ccnc(N2C(=O)CC[C@H]2N(O)N(c2cncc(F)c2)[C@H](C(=O)NC2CCC(F)(F)CC2)c2ccccc2Cl)c1. The molecule has 3 aromatic rings. The Labute approximate surface area is 250 Å². The van der Waals surface area contributed by atoms with E-state index in [0.29, 0.717) is 5.17 Å². The summed E-state index contributed by atoms with van der Waals surface area (Å²) >= 11 is 6.55. The number of benzene rings is 1. The number of carbonyl (C=O) groups excluding carboxylic acids is 2. The molecule has 0 radical (unpaired) electrons. The number of hydrogen-bond acceptors (Lipinski definition) is 8. The van der Waals surface area contributed by atoms with E-state index >= 15 is 0 Å². The summed E-state index contributed by atoms with van der Waals surface area (Å²) in [7, 11) is 0. The number of aromatic nitrogens is 2. The average molecular weight is 614 g/mol. The molecule has 1 aliphatic carbocycles. The molecule has 224 valence electrons. The highest BCUT2D eigenvalue weighted by Gasteiger charge is 2.44. The quantitative estimate of drug-likeness (QED) is 0.335. The van der Waals surface area contributed by atoms with Crippen LogP contribution in [0.4, 0.5) is 24.7 Å². The van der Waals surface area contributed by atoms with E-state index in [0.717, 1.165) is 17.3 Å². The minimum absolute atomic E-state index is 0.00529. The zero-order chi connectivity index (χ0) is 30.7. The number of nitrogens with zero attached hydrogens (tertiary/aromatic N) is 6. The molecule has 10 nitrogen and oxygen atoms in total. The third-order valence-corrected chi connectivity index (χ3v) is 7.85. The van der Waals surface area contributed by atoms with E-state index in [2.05, 4.69) is 15.3 Å². The second kappa shape index (κ2) is 12.5. The largest absolute Gasteiger partial charge is 0.351 e. The summed E-state index contributed by atoms with van der Waals surface area (Å²) in [5.41, 5.74) is 0.382. The van der Waals surface area contributed by atoms with Crippen LogP contribution >= 0.6 is 11.6 Å². The molecule has 2 fully saturated rings. The molecule has 2 atom stereocenters. The van der Waals surface area contributed by atoms with Gasteiger partial charge in [-0.2, -0.15) is 5.26 Å². The highest BCUT2D eigenvalue weighted by molar-refractivity contribution is 6.31. The molecule has 43 heavy (non-hydrogen) atoms. The van der Waals surface area contributed by atoms with Gasteiger partial charge in [0.15, 0.2) is 6.04 Å². The van der Waals surface area contributed by atoms with Crippen molar-refractivity contribution in [3.63, 3.8) is 0 Å². The molecule has 1 saturated carbocycles. The maximum Gasteiger partial charge on any atom is 0.249 e. The molecule has 3 heterocycles. The third kappa shape index (κ3) is 6.56. The zero-order valence-electron chi connectivity index (χ0n) is 22.7. The number of carbonyl (C=O) groups is 2. The van der Waals surface area contributed by atoms with Gasteiger partial charge in [0.25, 0.3) is 0 Å². The van der Waals surface area contributed by atoms with Gasteiger partial charge in [-0.1, -0.05) is 35.0 Å². The summed E-state index contributed by atoms with van der Waals surface area (Å²) < 4.78 is 42.2. The number of hydrazine groups is 1. The standard InChI is InChI=1S/C29H27ClF3N7O3/c30-23-4-2-1-3-22(23)27(28(42)37-20-7-10-29(32,33)11-8-20)39(21-14-19(31)16-35-17-21)40(43)25-5-6-26(41)38(25)24-13-18(15-34)9-12-36-24/h1-4,9,12-14,16-17,20,25,27,43H,5-8,10-11H2,(H,37,42)/t25-,27+/m1/s1. The van der Waals surface area contributed by atoms with Crippen molar-refractivity contribution < 1.29 is 28.0 Å². The van der Waals surface area contributed by atoms with Crippen molar-refractivity contribution >= 4 is 34.9 Å². The molecule has 1 aliphatic heterocycles. The van der Waals surface area contributed by atoms with Crippen LogP contribution in [0.1, 0.15) is 55.7 Å². The van der Waals surface area contributed by atoms with Crippen LogP contribution in [-0.4, -0.2) is 50.3 Å². The van der Waals surface area contributed by atoms with Gasteiger partial charge in [-0.25, -0.2) is 18.2 Å². The summed E-state index contributed by atoms with van der Waals surface area (Å²) in [6.07, 6.45) is 1.70. The van der Waals surface area contributed by atoms with Crippen LogP contribution in [0.5, 0.6) is 0 Å². The smallest absolute Gasteiger partial charge is 0.249 e. The molecular weight excluding hydrogens is 587 g/mol. The van der Waals surface area contributed by atoms with Crippen molar-refractivity contribution in [1.82, 2.24) is 20.5 Å². The minimum atomic E-state index is -2.82. The number of hydroxylamine groups is 1. The van der Waals surface area contributed by atoms with E-state index in [1.807, 2.05) is 6.07 Å². The fourth-order valence-electron chi connectivity index (χ4n) is 5.39. The van der Waals surface area contributed by atoms with Crippen molar-refractivity contribution in [2.75, 3.05) is 9.91 Å². The number of alkyl halides is 2. The van der Waals surface area contributed by atoms with Crippen LogP contribution in [0.25, 0.3) is 0 Å². The Balaban J connectivity index is 1.58. The highest BCUT2D eigenvalue weighted by Crippen LogP contribution is 2.38. The average Bonchev–Trinajstić information content (AvgIpc) is 3.38. The lowest BCUT2D eigenvalue weighted by Gasteiger charge is -2.42. The molecular formula is C29H27ClF3N7O3. The molecule has 2 aromatic heterocycles. The Kier molecular flexibility index (Phi) is 8.82. The fraction of sp³-hybridized carbons (Fsp3) is 0.345. The van der Waals surface area contributed by atoms with Gasteiger partial charge >= 0.3 is 0 Å². The third-order valence-electron chi connectivity index (χ3n) is 7.50. The number of anilines is 2. The van der Waals surface area contributed by atoms with Gasteiger partial charge in [0, 0.05) is 48.2 Å². The predicted octanol–water partition coefficient (Wildman–Crippen LogP) is 5.14. The van der Waals surface area contributed by atoms with Crippen molar-refractivity contribution in [2.24, 2.45) is 0 Å². The predicted molar refractivity (Wildman–Crippen MR) is 149 cm³/mol. The van der Waals surface area contributed by atoms with E-state index in [1.165, 1.54) is 35.5 Å². The summed E-state index contributed by atoms with van der Waals surface area (Å²) in [5.74, 6) is -4.62. The minimum Gasteiger partial charge on any atom is -0.351 e. The Bertz CT molecular complexity index is 1550. The maximum absolute atomic E-state index is 14.6. The first-order valence-corrected chi connectivity index (χ1v) is 13.9. The topological polar surface area (TPSA) is 126 Å². The number of nitriles is 1. The fourth-order valence-corrected chi connectivity index (χ4v) is 5.63. The zero-order valence-corrected chi connectivity index (χ0v) is 23.5. The van der Waals surface area contributed by atoms with Gasteiger partial charge < -0.3 is 5.32 Å². The summed E-state index contributed by atoms with van der Waals surface area (Å²) in [4.78, 5) is 36.4. The Morgan fingerprint density at radius 1 is 1.19 bits per heavy atom. The van der Waals surface area contributed by atoms with Crippen molar-refractivity contribution in [1.29, 1.82) is 5.26 Å². The lowest BCUT2D eigenvalue weighted by Crippen LogP contribution is -2.57. The Morgan fingerprint density at radius 2 is 1.93 bits per heavy atom. The first kappa shape index (κ1) is 30.2. The van der Waals surface area contributed by atoms with Crippen LogP contribution in [0.15, 0.2) is 61.1 Å². The molecule has 14 heteroatoms. The normalized spacial score (nSPS) is 19.2. The lowest BCUT2D eigenvalue weighted by molar-refractivity contribution is -0.152. The maximum atomic E-state index is 14.6. The van der Waals surface area contributed by atoms with E-state index in [1.54, 1.807) is 18.2 Å². The number of pyridine rings is 2. The summed E-state index contributed by atoms with van der Waals surface area (Å²) in [6, 6.07) is 10.2.